The van der Waals surface area contributed by atoms with Gasteiger partial charge in [0.1, 0.15) is 11.3 Å². The zero-order chi connectivity index (χ0) is 25.3. The molecule has 186 valence electrons. The average Bonchev–Trinajstić information content (AvgIpc) is 3.47. The average molecular weight is 522 g/mol. The molecule has 0 spiro atoms. The predicted octanol–water partition coefficient (Wildman–Crippen LogP) is 5.00. The number of ether oxygens (including phenoxy) is 1. The van der Waals surface area contributed by atoms with E-state index in [0.717, 1.165) is 28.0 Å². The molecule has 0 bridgehead atoms. The Hall–Kier alpha value is -3.43. The molecule has 1 aliphatic rings. The number of sulfonamides is 1. The summed E-state index contributed by atoms with van der Waals surface area (Å²) in [5.41, 5.74) is 3.00. The van der Waals surface area contributed by atoms with E-state index in [-0.39, 0.29) is 4.90 Å². The number of carbonyl (C=O) groups excluding carboxylic acids is 1. The van der Waals surface area contributed by atoms with Crippen LogP contribution in [0.15, 0.2) is 76.6 Å². The number of thiazole rings is 1. The minimum absolute atomic E-state index is 0.153. The van der Waals surface area contributed by atoms with Gasteiger partial charge in [0.05, 0.1) is 21.9 Å². The molecule has 1 aliphatic heterocycles. The molecular weight excluding hydrogens is 494 g/mol. The van der Waals surface area contributed by atoms with Crippen LogP contribution in [-0.4, -0.2) is 32.0 Å². The number of benzene rings is 3. The van der Waals surface area contributed by atoms with Gasteiger partial charge in [-0.1, -0.05) is 42.5 Å². The molecule has 1 amide bonds. The largest absolute Gasteiger partial charge is 0.492 e. The van der Waals surface area contributed by atoms with Crippen LogP contribution < -0.4 is 13.8 Å². The highest BCUT2D eigenvalue weighted by Gasteiger charge is 2.30. The van der Waals surface area contributed by atoms with E-state index in [0.29, 0.717) is 42.2 Å². The molecule has 0 N–H and O–H groups in total. The normalized spacial score (nSPS) is 13.8. The number of hydrogen-bond donors (Lipinski definition) is 0. The smallest absolute Gasteiger partial charge is 0.279 e. The van der Waals surface area contributed by atoms with Crippen molar-refractivity contribution in [3.8, 4) is 5.75 Å². The summed E-state index contributed by atoms with van der Waals surface area (Å²) in [5, 5.41) is 0. The standard InChI is InChI=1S/C27H27N3O4S2/c1-3-17-29-25-23(34-4-2)10-7-11-24(25)35-27(29)28-26(31)20-12-14-21(15-13-20)36(32,33)30-18-16-19-8-5-6-9-22(19)30/h5-15H,3-4,16-18H2,1-2H3. The minimum Gasteiger partial charge on any atom is -0.492 e. The molecule has 7 nitrogen and oxygen atoms in total. The lowest BCUT2D eigenvalue weighted by Gasteiger charge is -2.19. The lowest BCUT2D eigenvalue weighted by molar-refractivity contribution is 0.0997. The zero-order valence-electron chi connectivity index (χ0n) is 20.2. The maximum absolute atomic E-state index is 13.3. The Kier molecular flexibility index (Phi) is 6.68. The first-order valence-electron chi connectivity index (χ1n) is 12.0. The van der Waals surface area contributed by atoms with Gasteiger partial charge in [0.15, 0.2) is 4.80 Å². The fourth-order valence-electron chi connectivity index (χ4n) is 4.49. The first kappa shape index (κ1) is 24.3. The summed E-state index contributed by atoms with van der Waals surface area (Å²) in [5.74, 6) is 0.353. The Labute approximate surface area is 214 Å². The van der Waals surface area contributed by atoms with Gasteiger partial charge in [0, 0.05) is 18.7 Å². The minimum atomic E-state index is -3.72. The van der Waals surface area contributed by atoms with Gasteiger partial charge in [-0.2, -0.15) is 4.99 Å². The molecule has 5 rings (SSSR count). The number of aromatic nitrogens is 1. The van der Waals surface area contributed by atoms with Crippen molar-refractivity contribution in [2.75, 3.05) is 17.5 Å². The van der Waals surface area contributed by atoms with Crippen molar-refractivity contribution in [1.29, 1.82) is 0 Å². The van der Waals surface area contributed by atoms with E-state index in [2.05, 4.69) is 11.9 Å². The van der Waals surface area contributed by atoms with E-state index < -0.39 is 15.9 Å². The van der Waals surface area contributed by atoms with Crippen LogP contribution in [-0.2, 0) is 23.0 Å². The Morgan fingerprint density at radius 3 is 2.56 bits per heavy atom. The number of rotatable bonds is 7. The van der Waals surface area contributed by atoms with E-state index in [9.17, 15) is 13.2 Å². The zero-order valence-corrected chi connectivity index (χ0v) is 21.8. The van der Waals surface area contributed by atoms with Gasteiger partial charge < -0.3 is 9.30 Å². The number of fused-ring (bicyclic) bond motifs is 2. The van der Waals surface area contributed by atoms with E-state index in [1.54, 1.807) is 0 Å². The first-order valence-corrected chi connectivity index (χ1v) is 14.2. The van der Waals surface area contributed by atoms with Gasteiger partial charge in [0.2, 0.25) is 0 Å². The third-order valence-corrected chi connectivity index (χ3v) is 9.01. The summed E-state index contributed by atoms with van der Waals surface area (Å²) in [6, 6.07) is 19.4. The van der Waals surface area contributed by atoms with Crippen LogP contribution >= 0.6 is 11.3 Å². The molecule has 0 unspecified atom stereocenters. The number of amides is 1. The summed E-state index contributed by atoms with van der Waals surface area (Å²) >= 11 is 1.44. The molecule has 36 heavy (non-hydrogen) atoms. The second-order valence-corrected chi connectivity index (χ2v) is 11.3. The van der Waals surface area contributed by atoms with Crippen LogP contribution in [0, 0.1) is 0 Å². The molecule has 0 saturated heterocycles. The number of para-hydroxylation sites is 2. The van der Waals surface area contributed by atoms with Crippen molar-refractivity contribution >= 4 is 43.2 Å². The molecule has 0 atom stereocenters. The van der Waals surface area contributed by atoms with Crippen LogP contribution in [0.25, 0.3) is 10.2 Å². The van der Waals surface area contributed by atoms with Gasteiger partial charge in [-0.15, -0.1) is 0 Å². The van der Waals surface area contributed by atoms with Crippen molar-refractivity contribution in [2.24, 2.45) is 4.99 Å². The van der Waals surface area contributed by atoms with Crippen molar-refractivity contribution in [2.45, 2.75) is 38.1 Å². The van der Waals surface area contributed by atoms with Crippen LogP contribution in [0.2, 0.25) is 0 Å². The van der Waals surface area contributed by atoms with E-state index >= 15 is 0 Å². The maximum atomic E-state index is 13.3. The highest BCUT2D eigenvalue weighted by Crippen LogP contribution is 2.33. The molecule has 0 fully saturated rings. The van der Waals surface area contributed by atoms with E-state index in [4.69, 9.17) is 4.74 Å². The Morgan fingerprint density at radius 2 is 1.81 bits per heavy atom. The second-order valence-electron chi connectivity index (χ2n) is 8.47. The highest BCUT2D eigenvalue weighted by molar-refractivity contribution is 7.92. The first-order chi connectivity index (χ1) is 17.4. The third kappa shape index (κ3) is 4.33. The summed E-state index contributed by atoms with van der Waals surface area (Å²) in [7, 11) is -3.72. The van der Waals surface area contributed by atoms with Crippen molar-refractivity contribution < 1.29 is 17.9 Å². The summed E-state index contributed by atoms with van der Waals surface area (Å²) < 4.78 is 36.8. The van der Waals surface area contributed by atoms with Gasteiger partial charge in [-0.25, -0.2) is 8.42 Å². The Balaban J connectivity index is 1.47. The van der Waals surface area contributed by atoms with Crippen LogP contribution in [0.5, 0.6) is 5.75 Å². The lowest BCUT2D eigenvalue weighted by Crippen LogP contribution is -2.29. The molecular formula is C27H27N3O4S2. The van der Waals surface area contributed by atoms with Gasteiger partial charge in [-0.05, 0) is 67.8 Å². The Bertz CT molecular complexity index is 1600. The lowest BCUT2D eigenvalue weighted by atomic mass is 10.2. The van der Waals surface area contributed by atoms with E-state index in [1.165, 1.54) is 39.9 Å². The summed E-state index contributed by atoms with van der Waals surface area (Å²) in [6.45, 7) is 5.67. The quantitative estimate of drug-likeness (QED) is 0.343. The maximum Gasteiger partial charge on any atom is 0.279 e. The molecule has 0 aliphatic carbocycles. The number of aryl methyl sites for hydroxylation is 1. The van der Waals surface area contributed by atoms with Crippen molar-refractivity contribution in [3.63, 3.8) is 0 Å². The summed E-state index contributed by atoms with van der Waals surface area (Å²) in [6.07, 6.45) is 1.56. The number of anilines is 1. The fourth-order valence-corrected chi connectivity index (χ4v) is 7.07. The van der Waals surface area contributed by atoms with Crippen molar-refractivity contribution in [1.82, 2.24) is 4.57 Å². The number of nitrogens with zero attached hydrogens (tertiary/aromatic N) is 3. The van der Waals surface area contributed by atoms with Crippen LogP contribution in [0.3, 0.4) is 0 Å². The van der Waals surface area contributed by atoms with E-state index in [1.807, 2.05) is 54.0 Å². The Morgan fingerprint density at radius 1 is 1.03 bits per heavy atom. The highest BCUT2D eigenvalue weighted by atomic mass is 32.2. The fraction of sp³-hybridized carbons (Fsp3) is 0.259. The monoisotopic (exact) mass is 521 g/mol. The molecule has 3 aromatic carbocycles. The van der Waals surface area contributed by atoms with Gasteiger partial charge in [0.25, 0.3) is 15.9 Å². The van der Waals surface area contributed by atoms with Gasteiger partial charge >= 0.3 is 0 Å². The topological polar surface area (TPSA) is 81.0 Å². The number of hydrogen-bond acceptors (Lipinski definition) is 5. The summed E-state index contributed by atoms with van der Waals surface area (Å²) in [4.78, 5) is 18.2. The predicted molar refractivity (Wildman–Crippen MR) is 142 cm³/mol. The second kappa shape index (κ2) is 9.91. The van der Waals surface area contributed by atoms with Crippen molar-refractivity contribution in [3.05, 3.63) is 82.7 Å². The number of carbonyl (C=O) groups is 1. The van der Waals surface area contributed by atoms with Gasteiger partial charge in [-0.3, -0.25) is 9.10 Å². The molecule has 0 saturated carbocycles. The third-order valence-electron chi connectivity index (χ3n) is 6.14. The molecule has 9 heteroatoms. The molecule has 2 heterocycles. The van der Waals surface area contributed by atoms with Crippen LogP contribution in [0.4, 0.5) is 5.69 Å². The molecule has 4 aromatic rings. The molecule has 1 aromatic heterocycles. The SMILES string of the molecule is CCCn1c(=NC(=O)c2ccc(S(=O)(=O)N3CCc4ccccc43)cc2)sc2cccc(OCC)c21. The van der Waals surface area contributed by atoms with Crippen LogP contribution in [0.1, 0.15) is 36.2 Å². The molecule has 0 radical (unpaired) electrons.